The maximum absolute atomic E-state index is 14.0. The third-order valence-corrected chi connectivity index (χ3v) is 7.88. The number of ketones is 2. The van der Waals surface area contributed by atoms with Gasteiger partial charge >= 0.3 is 11.9 Å². The van der Waals surface area contributed by atoms with E-state index in [0.29, 0.717) is 6.42 Å². The fourth-order valence-electron chi connectivity index (χ4n) is 4.54. The molecule has 0 heterocycles. The van der Waals surface area contributed by atoms with Crippen molar-refractivity contribution in [3.63, 3.8) is 0 Å². The van der Waals surface area contributed by atoms with Gasteiger partial charge in [0.05, 0.1) is 16.6 Å². The predicted molar refractivity (Wildman–Crippen MR) is 173 cm³/mol. The summed E-state index contributed by atoms with van der Waals surface area (Å²) in [5, 5.41) is 0. The summed E-state index contributed by atoms with van der Waals surface area (Å²) in [7, 11) is 0. The molecule has 0 aliphatic carbocycles. The molecule has 45 heavy (non-hydrogen) atoms. The van der Waals surface area contributed by atoms with Crippen LogP contribution < -0.4 is 0 Å². The Hall–Kier alpha value is -3.36. The van der Waals surface area contributed by atoms with Crippen LogP contribution in [0.1, 0.15) is 93.2 Å². The maximum Gasteiger partial charge on any atom is 0.332 e. The third kappa shape index (κ3) is 12.2. The zero-order chi connectivity index (χ0) is 34.1. The van der Waals surface area contributed by atoms with Crippen LogP contribution in [0.5, 0.6) is 0 Å². The van der Waals surface area contributed by atoms with Crippen molar-refractivity contribution in [2.24, 2.45) is 10.8 Å². The van der Waals surface area contributed by atoms with Gasteiger partial charge in [-0.1, -0.05) is 95.3 Å². The molecule has 0 saturated carbocycles. The van der Waals surface area contributed by atoms with Gasteiger partial charge < -0.3 is 18.9 Å². The van der Waals surface area contributed by atoms with Gasteiger partial charge in [0.25, 0.3) is 0 Å². The van der Waals surface area contributed by atoms with Gasteiger partial charge in [0.1, 0.15) is 19.3 Å². The highest BCUT2D eigenvalue weighted by molar-refractivity contribution is 5.91. The molecule has 0 fully saturated rings. The van der Waals surface area contributed by atoms with Gasteiger partial charge in [0, 0.05) is 24.7 Å². The van der Waals surface area contributed by atoms with Crippen molar-refractivity contribution in [2.45, 2.75) is 119 Å². The molecule has 2 rings (SSSR count). The van der Waals surface area contributed by atoms with Crippen molar-refractivity contribution >= 4 is 23.5 Å². The summed E-state index contributed by atoms with van der Waals surface area (Å²) >= 11 is 0. The van der Waals surface area contributed by atoms with Crippen LogP contribution in [0.25, 0.3) is 0 Å². The fourth-order valence-corrected chi connectivity index (χ4v) is 4.54. The molecule has 0 saturated heterocycles. The van der Waals surface area contributed by atoms with Gasteiger partial charge in [-0.2, -0.15) is 0 Å². The van der Waals surface area contributed by atoms with Crippen molar-refractivity contribution in [1.29, 1.82) is 0 Å². The Balaban J connectivity index is 2.08. The highest BCUT2D eigenvalue weighted by Crippen LogP contribution is 2.37. The molecule has 0 amide bonds. The number of benzene rings is 2. The quantitative estimate of drug-likeness (QED) is 0.187. The van der Waals surface area contributed by atoms with E-state index >= 15 is 0 Å². The van der Waals surface area contributed by atoms with Crippen molar-refractivity contribution in [2.75, 3.05) is 6.61 Å². The molecule has 2 unspecified atom stereocenters. The summed E-state index contributed by atoms with van der Waals surface area (Å²) in [6.45, 7) is 17.6. The van der Waals surface area contributed by atoms with Crippen LogP contribution in [-0.2, 0) is 51.2 Å². The Bertz CT molecular complexity index is 1270. The molecule has 0 bridgehead atoms. The molecule has 0 aliphatic heterocycles. The van der Waals surface area contributed by atoms with E-state index in [1.807, 2.05) is 81.4 Å². The number of ether oxygens (including phenoxy) is 4. The average molecular weight is 625 g/mol. The molecule has 8 heteroatoms. The summed E-state index contributed by atoms with van der Waals surface area (Å²) < 4.78 is 23.2. The van der Waals surface area contributed by atoms with Crippen LogP contribution in [0.3, 0.4) is 0 Å². The van der Waals surface area contributed by atoms with Gasteiger partial charge in [-0.25, -0.2) is 4.79 Å². The minimum atomic E-state index is -1.15. The number of Topliss-reactive ketones (excluding diaryl/α,β-unsaturated/α-hetero) is 2. The third-order valence-electron chi connectivity index (χ3n) is 7.88. The molecule has 0 radical (unpaired) electrons. The topological polar surface area (TPSA) is 105 Å². The zero-order valence-corrected chi connectivity index (χ0v) is 28.7. The first-order valence-electron chi connectivity index (χ1n) is 15.6. The van der Waals surface area contributed by atoms with Gasteiger partial charge in [-0.05, 0) is 45.7 Å². The summed E-state index contributed by atoms with van der Waals surface area (Å²) in [6, 6.07) is 18.9. The van der Waals surface area contributed by atoms with E-state index in [1.165, 1.54) is 0 Å². The first kappa shape index (κ1) is 37.8. The van der Waals surface area contributed by atoms with Gasteiger partial charge in [0.2, 0.25) is 0 Å². The van der Waals surface area contributed by atoms with Gasteiger partial charge in [-0.3, -0.25) is 14.4 Å². The Labute approximate surface area is 269 Å². The molecule has 2 aromatic rings. The highest BCUT2D eigenvalue weighted by atomic mass is 16.6. The second-order valence-electron chi connectivity index (χ2n) is 14.5. The van der Waals surface area contributed by atoms with E-state index < -0.39 is 52.8 Å². The maximum atomic E-state index is 14.0. The van der Waals surface area contributed by atoms with Crippen LogP contribution in [0.15, 0.2) is 60.7 Å². The van der Waals surface area contributed by atoms with Gasteiger partial charge in [0.15, 0.2) is 17.7 Å². The standard InChI is InChI=1S/C37H52O8/c1-34(2,3)32(40)28(21-22-30(38)42-24-27-19-15-12-16-20-27)44-31(39)25-43-37(9,10)36(7,8)33(41)29(45-35(4,5)6)23-26-17-13-11-14-18-26/h11-20,28-29H,21-25H2,1-10H3. The number of hydrogen-bond acceptors (Lipinski definition) is 8. The predicted octanol–water partition coefficient (Wildman–Crippen LogP) is 6.85. The molecule has 2 atom stereocenters. The van der Waals surface area contributed by atoms with Crippen molar-refractivity contribution < 1.29 is 38.1 Å². The van der Waals surface area contributed by atoms with Crippen LogP contribution in [-0.4, -0.2) is 53.5 Å². The van der Waals surface area contributed by atoms with Crippen molar-refractivity contribution in [3.05, 3.63) is 71.8 Å². The Morgan fingerprint density at radius 3 is 1.71 bits per heavy atom. The minimum Gasteiger partial charge on any atom is -0.461 e. The second-order valence-corrected chi connectivity index (χ2v) is 14.5. The molecule has 2 aromatic carbocycles. The molecule has 8 nitrogen and oxygen atoms in total. The number of carbonyl (C=O) groups is 4. The molecule has 248 valence electrons. The average Bonchev–Trinajstić information content (AvgIpc) is 2.95. The lowest BCUT2D eigenvalue weighted by molar-refractivity contribution is -0.180. The van der Waals surface area contributed by atoms with E-state index in [2.05, 4.69) is 0 Å². The van der Waals surface area contributed by atoms with Crippen molar-refractivity contribution in [1.82, 2.24) is 0 Å². The first-order valence-corrected chi connectivity index (χ1v) is 15.6. The van der Waals surface area contributed by atoms with Crippen molar-refractivity contribution in [3.8, 4) is 0 Å². The van der Waals surface area contributed by atoms with E-state index in [9.17, 15) is 19.2 Å². The number of carbonyl (C=O) groups excluding carboxylic acids is 4. The molecule has 0 N–H and O–H groups in total. The summed E-state index contributed by atoms with van der Waals surface area (Å²) in [6.07, 6.45) is -1.63. The molecular weight excluding hydrogens is 572 g/mol. The van der Waals surface area contributed by atoms with Crippen LogP contribution in [0.2, 0.25) is 0 Å². The first-order chi connectivity index (χ1) is 20.7. The fraction of sp³-hybridized carbons (Fsp3) is 0.568. The summed E-state index contributed by atoms with van der Waals surface area (Å²) in [5.74, 6) is -1.74. The zero-order valence-electron chi connectivity index (χ0n) is 28.7. The Morgan fingerprint density at radius 1 is 0.667 bits per heavy atom. The Kier molecular flexibility index (Phi) is 13.3. The second kappa shape index (κ2) is 15.8. The molecule has 0 aliphatic rings. The highest BCUT2D eigenvalue weighted by Gasteiger charge is 2.48. The number of esters is 2. The monoisotopic (exact) mass is 624 g/mol. The van der Waals surface area contributed by atoms with Gasteiger partial charge in [-0.15, -0.1) is 0 Å². The smallest absolute Gasteiger partial charge is 0.332 e. The largest absolute Gasteiger partial charge is 0.461 e. The lowest BCUT2D eigenvalue weighted by Crippen LogP contribution is -2.53. The lowest BCUT2D eigenvalue weighted by atomic mass is 9.71. The minimum absolute atomic E-state index is 0.0197. The normalized spacial score (nSPS) is 13.9. The molecular formula is C37H52O8. The number of rotatable bonds is 16. The SMILES string of the molecule is CC(C)(C)OC(Cc1ccccc1)C(=O)C(C)(C)C(C)(C)OCC(=O)OC(CCC(=O)OCc1ccccc1)C(=O)C(C)(C)C. The van der Waals surface area contributed by atoms with E-state index in [1.54, 1.807) is 48.5 Å². The molecule has 0 aromatic heterocycles. The summed E-state index contributed by atoms with van der Waals surface area (Å²) in [5.41, 5.74) is -1.74. The van der Waals surface area contributed by atoms with E-state index in [-0.39, 0.29) is 31.0 Å². The lowest BCUT2D eigenvalue weighted by Gasteiger charge is -2.42. The van der Waals surface area contributed by atoms with Crippen LogP contribution in [0.4, 0.5) is 0 Å². The van der Waals surface area contributed by atoms with E-state index in [4.69, 9.17) is 18.9 Å². The Morgan fingerprint density at radius 2 is 1.20 bits per heavy atom. The molecule has 0 spiro atoms. The van der Waals surface area contributed by atoms with E-state index in [0.717, 1.165) is 11.1 Å². The summed E-state index contributed by atoms with van der Waals surface area (Å²) in [4.78, 5) is 52.6. The van der Waals surface area contributed by atoms with Crippen LogP contribution in [0, 0.1) is 10.8 Å². The van der Waals surface area contributed by atoms with Crippen LogP contribution >= 0.6 is 0 Å². The number of hydrogen-bond donors (Lipinski definition) is 0.